The third-order valence-electron chi connectivity index (χ3n) is 15.6. The fourth-order valence-corrected chi connectivity index (χ4v) is 11.7. The molecule has 2 unspecified atom stereocenters. The predicted molar refractivity (Wildman–Crippen MR) is 349 cm³/mol. The van der Waals surface area contributed by atoms with Crippen LogP contribution in [-0.2, 0) is 65.4 Å². The van der Waals surface area contributed by atoms with Crippen LogP contribution in [0.25, 0.3) is 0 Å². The first-order valence-electron chi connectivity index (χ1n) is 35.2. The summed E-state index contributed by atoms with van der Waals surface area (Å²) in [4.78, 5) is 72.4. The Kier molecular flexibility index (Phi) is 56.6. The molecule has 0 aliphatic rings. The molecule has 0 aromatic heterocycles. The molecule has 0 aromatic carbocycles. The van der Waals surface area contributed by atoms with Crippen molar-refractivity contribution in [3.05, 3.63) is 0 Å². The van der Waals surface area contributed by atoms with Crippen molar-refractivity contribution < 1.29 is 80.2 Å². The normalized spacial score (nSPS) is 14.3. The molecule has 87 heavy (non-hydrogen) atoms. The van der Waals surface area contributed by atoms with Gasteiger partial charge in [-0.25, -0.2) is 9.13 Å². The van der Waals surface area contributed by atoms with Crippen LogP contribution in [0.4, 0.5) is 0 Å². The Morgan fingerprint density at radius 2 is 0.483 bits per heavy atom. The minimum Gasteiger partial charge on any atom is -0.462 e. The number of unbranched alkanes of at least 4 members (excludes halogenated alkanes) is 31. The van der Waals surface area contributed by atoms with E-state index in [2.05, 4.69) is 55.4 Å². The van der Waals surface area contributed by atoms with Crippen molar-refractivity contribution in [2.45, 2.75) is 350 Å². The molecule has 0 amide bonds. The molecular weight excluding hydrogens is 1150 g/mol. The Bertz CT molecular complexity index is 1730. The Morgan fingerprint density at radius 1 is 0.287 bits per heavy atom. The highest BCUT2D eigenvalue weighted by Crippen LogP contribution is 2.45. The molecule has 0 heterocycles. The van der Waals surface area contributed by atoms with E-state index in [1.54, 1.807) is 0 Å². The van der Waals surface area contributed by atoms with Gasteiger partial charge in [0, 0.05) is 25.7 Å². The van der Waals surface area contributed by atoms with Crippen molar-refractivity contribution in [3.63, 3.8) is 0 Å². The molecule has 0 bridgehead atoms. The van der Waals surface area contributed by atoms with Gasteiger partial charge < -0.3 is 33.8 Å². The lowest BCUT2D eigenvalue weighted by Crippen LogP contribution is -2.30. The zero-order valence-corrected chi connectivity index (χ0v) is 58.4. The molecule has 0 radical (unpaired) electrons. The minimum absolute atomic E-state index is 0.101. The van der Waals surface area contributed by atoms with Crippen molar-refractivity contribution >= 4 is 39.5 Å². The standard InChI is InChI=1S/C68H132O17P2/c1-58(2)44-36-28-20-16-12-9-10-14-19-23-34-42-50-67(72)84-63(55-79-66(71)49-41-33-26-24-30-38-46-60(5)6)56-82-86(74,75)80-52-62(69)53-81-87(76,77)83-57-64(85-68(73)51-43-35-27-25-31-39-47-61(7)8)54-78-65(70)48-40-32-22-18-15-11-13-17-21-29-37-45-59(3)4/h58-64,69H,9-57H2,1-8H3,(H,74,75)(H,76,77)/t62-,63+,64+/m0/s1. The maximum Gasteiger partial charge on any atom is 0.472 e. The van der Waals surface area contributed by atoms with Crippen LogP contribution in [0.1, 0.15) is 331 Å². The number of hydrogen-bond donors (Lipinski definition) is 3. The lowest BCUT2D eigenvalue weighted by atomic mass is 10.0. The van der Waals surface area contributed by atoms with E-state index in [9.17, 15) is 43.2 Å². The number of phosphoric acid groups is 2. The van der Waals surface area contributed by atoms with E-state index in [0.717, 1.165) is 108 Å². The molecule has 19 heteroatoms. The molecule has 3 N–H and O–H groups in total. The predicted octanol–water partition coefficient (Wildman–Crippen LogP) is 18.9. The highest BCUT2D eigenvalue weighted by Gasteiger charge is 2.30. The molecule has 5 atom stereocenters. The SMILES string of the molecule is CC(C)CCCCCCCCCCCCCCC(=O)O[C@H](COC(=O)CCCCCCCCC(C)C)COP(=O)(O)OC[C@H](O)COP(=O)(O)OC[C@@H](COC(=O)CCCCCCCCCCCCCC(C)C)OC(=O)CCCCCCCCC(C)C. The van der Waals surface area contributed by atoms with Crippen molar-refractivity contribution in [2.24, 2.45) is 23.7 Å². The van der Waals surface area contributed by atoms with Gasteiger partial charge >= 0.3 is 39.5 Å². The van der Waals surface area contributed by atoms with Crippen molar-refractivity contribution in [3.8, 4) is 0 Å². The Hall–Kier alpha value is -1.94. The second kappa shape index (κ2) is 57.9. The summed E-state index contributed by atoms with van der Waals surface area (Å²) in [5.74, 6) is 0.759. The van der Waals surface area contributed by atoms with Crippen LogP contribution in [0.3, 0.4) is 0 Å². The number of carbonyl (C=O) groups excluding carboxylic acids is 4. The van der Waals surface area contributed by atoms with Crippen molar-refractivity contribution in [1.29, 1.82) is 0 Å². The summed E-state index contributed by atoms with van der Waals surface area (Å²) in [6.07, 6.45) is 39.2. The third-order valence-corrected chi connectivity index (χ3v) is 17.5. The van der Waals surface area contributed by atoms with E-state index in [4.69, 9.17) is 37.0 Å². The number of carbonyl (C=O) groups is 4. The first-order valence-corrected chi connectivity index (χ1v) is 38.2. The maximum absolute atomic E-state index is 13.0. The molecule has 0 aromatic rings. The second-order valence-electron chi connectivity index (χ2n) is 26.5. The van der Waals surface area contributed by atoms with Crippen LogP contribution >= 0.6 is 15.6 Å². The first kappa shape index (κ1) is 85.1. The number of rotatable bonds is 65. The topological polar surface area (TPSA) is 237 Å². The molecule has 0 saturated carbocycles. The van der Waals surface area contributed by atoms with Crippen LogP contribution in [0.5, 0.6) is 0 Å². The Labute approximate surface area is 530 Å². The van der Waals surface area contributed by atoms with Crippen molar-refractivity contribution in [1.82, 2.24) is 0 Å². The van der Waals surface area contributed by atoms with Gasteiger partial charge in [-0.3, -0.25) is 37.3 Å². The zero-order chi connectivity index (χ0) is 64.7. The molecule has 0 spiro atoms. The summed E-state index contributed by atoms with van der Waals surface area (Å²) >= 11 is 0. The molecule has 17 nitrogen and oxygen atoms in total. The van der Waals surface area contributed by atoms with Gasteiger partial charge in [0.25, 0.3) is 0 Å². The van der Waals surface area contributed by atoms with Gasteiger partial charge in [-0.1, -0.05) is 280 Å². The van der Waals surface area contributed by atoms with Crippen LogP contribution in [-0.4, -0.2) is 96.7 Å². The van der Waals surface area contributed by atoms with Crippen molar-refractivity contribution in [2.75, 3.05) is 39.6 Å². The van der Waals surface area contributed by atoms with Crippen LogP contribution < -0.4 is 0 Å². The van der Waals surface area contributed by atoms with Gasteiger partial charge in [0.2, 0.25) is 0 Å². The number of hydrogen-bond acceptors (Lipinski definition) is 15. The van der Waals surface area contributed by atoms with Crippen LogP contribution in [0.15, 0.2) is 0 Å². The monoisotopic (exact) mass is 1280 g/mol. The molecular formula is C68H132O17P2. The zero-order valence-electron chi connectivity index (χ0n) is 56.6. The maximum atomic E-state index is 13.0. The minimum atomic E-state index is -4.95. The average Bonchev–Trinajstić information content (AvgIpc) is 3.67. The Morgan fingerprint density at radius 3 is 0.713 bits per heavy atom. The fourth-order valence-electron chi connectivity index (χ4n) is 10.1. The van der Waals surface area contributed by atoms with Gasteiger partial charge in [0.15, 0.2) is 12.2 Å². The molecule has 0 rings (SSSR count). The first-order chi connectivity index (χ1) is 41.6. The smallest absolute Gasteiger partial charge is 0.462 e. The van der Waals surface area contributed by atoms with E-state index >= 15 is 0 Å². The number of aliphatic hydroxyl groups is 1. The van der Waals surface area contributed by atoms with E-state index in [0.29, 0.717) is 37.5 Å². The fraction of sp³-hybridized carbons (Fsp3) is 0.941. The quantitative estimate of drug-likeness (QED) is 0.0222. The number of phosphoric ester groups is 2. The molecule has 0 fully saturated rings. The lowest BCUT2D eigenvalue weighted by molar-refractivity contribution is -0.161. The average molecular weight is 1280 g/mol. The van der Waals surface area contributed by atoms with E-state index in [-0.39, 0.29) is 25.7 Å². The van der Waals surface area contributed by atoms with Gasteiger partial charge in [-0.2, -0.15) is 0 Å². The van der Waals surface area contributed by atoms with Crippen LogP contribution in [0, 0.1) is 23.7 Å². The van der Waals surface area contributed by atoms with E-state index in [1.165, 1.54) is 128 Å². The summed E-state index contributed by atoms with van der Waals surface area (Å²) in [7, 11) is -9.90. The lowest BCUT2D eigenvalue weighted by Gasteiger charge is -2.21. The summed E-state index contributed by atoms with van der Waals surface area (Å²) in [6.45, 7) is 14.0. The third kappa shape index (κ3) is 62.6. The highest BCUT2D eigenvalue weighted by atomic mass is 31.2. The van der Waals surface area contributed by atoms with Gasteiger partial charge in [-0.05, 0) is 49.4 Å². The van der Waals surface area contributed by atoms with Crippen LogP contribution in [0.2, 0.25) is 0 Å². The summed E-state index contributed by atoms with van der Waals surface area (Å²) in [5, 5.41) is 10.6. The van der Waals surface area contributed by atoms with E-state index in [1.807, 2.05) is 0 Å². The number of esters is 4. The largest absolute Gasteiger partial charge is 0.472 e. The van der Waals surface area contributed by atoms with Gasteiger partial charge in [0.1, 0.15) is 19.3 Å². The Balaban J connectivity index is 5.20. The summed E-state index contributed by atoms with van der Waals surface area (Å²) < 4.78 is 68.1. The summed E-state index contributed by atoms with van der Waals surface area (Å²) in [5.41, 5.74) is 0. The second-order valence-corrected chi connectivity index (χ2v) is 29.4. The molecule has 516 valence electrons. The number of ether oxygens (including phenoxy) is 4. The highest BCUT2D eigenvalue weighted by molar-refractivity contribution is 7.47. The van der Waals surface area contributed by atoms with Gasteiger partial charge in [0.05, 0.1) is 26.4 Å². The molecule has 0 saturated heterocycles. The van der Waals surface area contributed by atoms with Gasteiger partial charge in [-0.15, -0.1) is 0 Å². The summed E-state index contributed by atoms with van der Waals surface area (Å²) in [6, 6.07) is 0. The molecule has 0 aliphatic carbocycles. The van der Waals surface area contributed by atoms with E-state index < -0.39 is 97.5 Å². The molecule has 0 aliphatic heterocycles. The number of aliphatic hydroxyl groups excluding tert-OH is 1.